The van der Waals surface area contributed by atoms with Crippen LogP contribution < -0.4 is 4.46 Å². The Morgan fingerprint density at radius 2 is 0.811 bits per heavy atom. The van der Waals surface area contributed by atoms with Gasteiger partial charge in [-0.1, -0.05) is 60.7 Å². The van der Waals surface area contributed by atoms with Crippen LogP contribution in [0.25, 0.3) is 0 Å². The summed E-state index contributed by atoms with van der Waals surface area (Å²) < 4.78 is 64.0. The fraction of sp³-hybridized carbons (Fsp3) is 0.263. The summed E-state index contributed by atoms with van der Waals surface area (Å²) in [6.45, 7) is 1.40. The average Bonchev–Trinajstić information content (AvgIpc) is 3.43. The van der Waals surface area contributed by atoms with Gasteiger partial charge in [0.05, 0.1) is 0 Å². The van der Waals surface area contributed by atoms with Crippen molar-refractivity contribution in [3.05, 3.63) is 210 Å². The number of rotatable bonds is 19. The van der Waals surface area contributed by atoms with Crippen molar-refractivity contribution < 1.29 is 76.1 Å². The predicted molar refractivity (Wildman–Crippen MR) is 265 cm³/mol. The molecule has 0 bridgehead atoms. The van der Waals surface area contributed by atoms with E-state index in [9.17, 15) is 28.8 Å². The zero-order valence-electron chi connectivity index (χ0n) is 40.2. The van der Waals surface area contributed by atoms with E-state index in [0.717, 1.165) is 10.0 Å². The van der Waals surface area contributed by atoms with Crippen molar-refractivity contribution in [2.45, 2.75) is 80.6 Å². The summed E-state index contributed by atoms with van der Waals surface area (Å²) in [5, 5.41) is -0.895. The minimum absolute atomic E-state index is 0.0114. The first-order valence-electron chi connectivity index (χ1n) is 23.6. The van der Waals surface area contributed by atoms with Gasteiger partial charge in [-0.25, -0.2) is 0 Å². The molecule has 0 radical (unpaired) electrons. The van der Waals surface area contributed by atoms with E-state index in [-0.39, 0.29) is 28.9 Å². The molecule has 74 heavy (non-hydrogen) atoms. The van der Waals surface area contributed by atoms with Crippen LogP contribution in [0, 0.1) is 0 Å². The standard InChI is InChI=1S/C57H52O16Se/c1-36(58)67-48-46(64-33-38-21-9-3-10-22-38)44(70-57(51(48)68-37(2)59)74-43-31-19-8-20-32-43)35-66-56-50(73-55(63)42-29-17-7-18-30-42)49(72-54(62)41-27-15-6-16-28-41)47(71-53(61)40-25-13-5-14-26-40)45(69-56)34-65-52(60)39-23-11-4-12-24-39/h3-32,44-51,56-57H,33-35H2,1-2H3/t44-,45-,46-,47+,48+,49+,50-,51-,56-,57+/m1/s1. The van der Waals surface area contributed by atoms with Crippen LogP contribution in [-0.2, 0) is 63.6 Å². The molecule has 10 atom stereocenters. The van der Waals surface area contributed by atoms with Gasteiger partial charge in [0.25, 0.3) is 0 Å². The fourth-order valence-electron chi connectivity index (χ4n) is 8.20. The molecular weight excluding hydrogens is 1020 g/mol. The third-order valence-corrected chi connectivity index (χ3v) is 14.1. The van der Waals surface area contributed by atoms with Crippen molar-refractivity contribution in [1.29, 1.82) is 0 Å². The van der Waals surface area contributed by atoms with Crippen molar-refractivity contribution in [3.8, 4) is 0 Å². The van der Waals surface area contributed by atoms with Gasteiger partial charge in [-0.15, -0.1) is 0 Å². The topological polar surface area (TPSA) is 195 Å². The Kier molecular flexibility index (Phi) is 18.5. The average molecular weight is 1070 g/mol. The molecule has 382 valence electrons. The van der Waals surface area contributed by atoms with Gasteiger partial charge >= 0.3 is 350 Å². The first-order valence-corrected chi connectivity index (χ1v) is 25.5. The van der Waals surface area contributed by atoms with Crippen LogP contribution in [0.1, 0.15) is 60.8 Å². The number of hydrogen-bond donors (Lipinski definition) is 0. The third kappa shape index (κ3) is 14.2. The second-order valence-corrected chi connectivity index (χ2v) is 19.4. The van der Waals surface area contributed by atoms with Crippen LogP contribution in [0.5, 0.6) is 0 Å². The van der Waals surface area contributed by atoms with E-state index < -0.39 is 124 Å². The van der Waals surface area contributed by atoms with Gasteiger partial charge < -0.3 is 0 Å². The first-order chi connectivity index (χ1) is 36.0. The van der Waals surface area contributed by atoms with Crippen LogP contribution in [0.4, 0.5) is 0 Å². The quantitative estimate of drug-likeness (QED) is 0.0486. The number of ether oxygens (including phenoxy) is 10. The van der Waals surface area contributed by atoms with Gasteiger partial charge in [-0.05, 0) is 24.3 Å². The molecule has 2 aliphatic heterocycles. The summed E-state index contributed by atoms with van der Waals surface area (Å²) in [7, 11) is 0. The maximum atomic E-state index is 14.3. The number of esters is 6. The van der Waals surface area contributed by atoms with E-state index in [2.05, 4.69) is 0 Å². The number of carbonyl (C=O) groups is 6. The van der Waals surface area contributed by atoms with Crippen molar-refractivity contribution in [1.82, 2.24) is 0 Å². The van der Waals surface area contributed by atoms with Crippen molar-refractivity contribution in [2.24, 2.45) is 0 Å². The Balaban J connectivity index is 1.21. The molecule has 17 heteroatoms. The van der Waals surface area contributed by atoms with Gasteiger partial charge in [0, 0.05) is 0 Å². The van der Waals surface area contributed by atoms with Crippen molar-refractivity contribution >= 4 is 55.2 Å². The Morgan fingerprint density at radius 1 is 0.405 bits per heavy atom. The summed E-state index contributed by atoms with van der Waals surface area (Å²) in [6, 6.07) is 50.6. The summed E-state index contributed by atoms with van der Waals surface area (Å²) in [4.78, 5) is 81.9. The Bertz CT molecular complexity index is 2790. The van der Waals surface area contributed by atoms with Crippen LogP contribution >= 0.6 is 0 Å². The molecule has 2 aliphatic rings. The minimum atomic E-state index is -1.72. The maximum absolute atomic E-state index is 14.3. The van der Waals surface area contributed by atoms with Crippen molar-refractivity contribution in [2.75, 3.05) is 13.2 Å². The molecule has 2 fully saturated rings. The Hall–Kier alpha value is -7.50. The zero-order chi connectivity index (χ0) is 51.8. The van der Waals surface area contributed by atoms with E-state index in [1.807, 2.05) is 60.7 Å². The molecule has 0 amide bonds. The summed E-state index contributed by atoms with van der Waals surface area (Å²) in [5.41, 5.74) is 1.28. The molecule has 6 aromatic rings. The van der Waals surface area contributed by atoms with E-state index in [0.29, 0.717) is 0 Å². The predicted octanol–water partition coefficient (Wildman–Crippen LogP) is 6.47. The van der Waals surface area contributed by atoms with Gasteiger partial charge in [-0.2, -0.15) is 0 Å². The van der Waals surface area contributed by atoms with Gasteiger partial charge in [-0.3, -0.25) is 0 Å². The fourth-order valence-corrected chi connectivity index (χ4v) is 10.6. The van der Waals surface area contributed by atoms with Crippen LogP contribution in [0.3, 0.4) is 0 Å². The van der Waals surface area contributed by atoms with Crippen molar-refractivity contribution in [3.63, 3.8) is 0 Å². The Morgan fingerprint density at radius 3 is 1.31 bits per heavy atom. The molecule has 8 rings (SSSR count). The summed E-state index contributed by atoms with van der Waals surface area (Å²) >= 11 is -0.585. The number of benzene rings is 6. The zero-order valence-corrected chi connectivity index (χ0v) is 41.9. The molecular formula is C57H52O16Se. The molecule has 6 aromatic carbocycles. The monoisotopic (exact) mass is 1070 g/mol. The molecule has 16 nitrogen and oxygen atoms in total. The van der Waals surface area contributed by atoms with E-state index >= 15 is 0 Å². The van der Waals surface area contributed by atoms with Gasteiger partial charge in [0.15, 0.2) is 0 Å². The molecule has 2 saturated heterocycles. The van der Waals surface area contributed by atoms with E-state index in [1.54, 1.807) is 84.9 Å². The summed E-state index contributed by atoms with van der Waals surface area (Å²) in [6.07, 6.45) is -13.0. The van der Waals surface area contributed by atoms with E-state index in [1.165, 1.54) is 50.2 Å². The molecule has 0 aliphatic carbocycles. The summed E-state index contributed by atoms with van der Waals surface area (Å²) in [5.74, 6) is -4.76. The number of carbonyl (C=O) groups excluding carboxylic acids is 6. The number of hydrogen-bond acceptors (Lipinski definition) is 16. The third-order valence-electron chi connectivity index (χ3n) is 11.6. The second-order valence-electron chi connectivity index (χ2n) is 16.9. The van der Waals surface area contributed by atoms with Gasteiger partial charge in [0.2, 0.25) is 0 Å². The van der Waals surface area contributed by atoms with Gasteiger partial charge in [0.1, 0.15) is 0 Å². The van der Waals surface area contributed by atoms with Crippen LogP contribution in [0.2, 0.25) is 0 Å². The van der Waals surface area contributed by atoms with E-state index in [4.69, 9.17) is 47.4 Å². The molecule has 0 saturated carbocycles. The Labute approximate surface area is 433 Å². The molecule has 0 aromatic heterocycles. The van der Waals surface area contributed by atoms with Crippen LogP contribution in [0.15, 0.2) is 182 Å². The van der Waals surface area contributed by atoms with Crippen LogP contribution in [-0.4, -0.2) is 124 Å². The second kappa shape index (κ2) is 25.9. The molecule has 2 heterocycles. The molecule has 0 N–H and O–H groups in total. The normalized spacial score (nSPS) is 23.3. The molecule has 0 spiro atoms. The molecule has 0 unspecified atom stereocenters. The first kappa shape index (κ1) is 52.8. The SMILES string of the molecule is CC(=O)O[C@@H]1[C@@H](OC(C)=O)[C@H]([Se]c2ccccc2)O[C@H](CO[C@@H]2O[C@H](COC(=O)c3ccccc3)[C@H](OC(=O)c3ccccc3)[C@H](OC(=O)c3ccccc3)[C@H]2OC(=O)c2ccccc2)[C@H]1OCc1ccccc1.